The third-order valence-corrected chi connectivity index (χ3v) is 5.94. The zero-order valence-corrected chi connectivity index (χ0v) is 19.4. The third-order valence-electron chi connectivity index (χ3n) is 5.94. The van der Waals surface area contributed by atoms with Gasteiger partial charge in [-0.3, -0.25) is 24.8 Å². The highest BCUT2D eigenvalue weighted by atomic mass is 16.5. The summed E-state index contributed by atoms with van der Waals surface area (Å²) in [5.41, 5.74) is 13.0. The molecule has 1 unspecified atom stereocenters. The Morgan fingerprint density at radius 2 is 1.80 bits per heavy atom. The molecular weight excluding hydrogens is 444 g/mol. The number of nitrogens with two attached hydrogens (primary N) is 1. The summed E-state index contributed by atoms with van der Waals surface area (Å²) in [5, 5.41) is 18.5. The lowest BCUT2D eigenvalue weighted by atomic mass is 10.1. The average Bonchev–Trinajstić information content (AvgIpc) is 3.34. The normalized spacial score (nSPS) is 14.7. The van der Waals surface area contributed by atoms with Crippen LogP contribution in [-0.2, 0) is 24.3 Å². The Hall–Kier alpha value is -3.97. The van der Waals surface area contributed by atoms with Crippen molar-refractivity contribution < 1.29 is 14.8 Å². The maximum absolute atomic E-state index is 12.4. The summed E-state index contributed by atoms with van der Waals surface area (Å²) in [4.78, 5) is 26.5. The van der Waals surface area contributed by atoms with Crippen LogP contribution in [0.3, 0.4) is 0 Å². The van der Waals surface area contributed by atoms with Crippen molar-refractivity contribution in [1.82, 2.24) is 25.9 Å². The monoisotopic (exact) mass is 472 g/mol. The number of rotatable bonds is 6. The minimum atomic E-state index is -1.05. The number of aromatic nitrogens is 2. The lowest BCUT2D eigenvalue weighted by Gasteiger charge is -2.26. The second-order valence-corrected chi connectivity index (χ2v) is 8.65. The van der Waals surface area contributed by atoms with Gasteiger partial charge in [0, 0.05) is 60.0 Å². The van der Waals surface area contributed by atoms with E-state index in [9.17, 15) is 9.59 Å². The van der Waals surface area contributed by atoms with E-state index in [1.54, 1.807) is 31.2 Å². The minimum absolute atomic E-state index is 0.358. The zero-order valence-electron chi connectivity index (χ0n) is 19.4. The van der Waals surface area contributed by atoms with Crippen LogP contribution in [0.5, 0.6) is 0 Å². The Bertz CT molecular complexity index is 1240. The molecule has 1 aliphatic heterocycles. The van der Waals surface area contributed by atoms with Crippen LogP contribution < -0.4 is 16.5 Å². The maximum Gasteiger partial charge on any atom is 0.267 e. The van der Waals surface area contributed by atoms with Crippen LogP contribution >= 0.6 is 0 Å². The molecule has 1 aromatic heterocycles. The van der Waals surface area contributed by atoms with Gasteiger partial charge >= 0.3 is 0 Å². The number of hydroxylamine groups is 1. The smallest absolute Gasteiger partial charge is 0.267 e. The predicted octanol–water partition coefficient (Wildman–Crippen LogP) is 1.32. The number of nitrogens with one attached hydrogen (secondary N) is 3. The molecule has 0 fully saturated rings. The molecule has 9 heteroatoms. The molecule has 0 bridgehead atoms. The quantitative estimate of drug-likeness (QED) is 0.209. The highest BCUT2D eigenvalue weighted by molar-refractivity contribution is 5.97. The lowest BCUT2D eigenvalue weighted by molar-refractivity contribution is -0.131. The molecule has 0 saturated heterocycles. The summed E-state index contributed by atoms with van der Waals surface area (Å²) in [5.74, 6) is 5.01. The van der Waals surface area contributed by atoms with Crippen molar-refractivity contribution in [3.8, 4) is 11.8 Å². The van der Waals surface area contributed by atoms with Gasteiger partial charge in [0.25, 0.3) is 11.8 Å². The SMILES string of the molecule is C[C@@H](N)C(NC(=O)c1ccc(C#Cc2ccc(CN3CCc4[nH]ncc4C3)cc2)cc1)C(=O)NO. The Kier molecular flexibility index (Phi) is 7.57. The molecule has 35 heavy (non-hydrogen) atoms. The summed E-state index contributed by atoms with van der Waals surface area (Å²) in [6, 6.07) is 13.2. The fourth-order valence-corrected chi connectivity index (χ4v) is 3.95. The molecule has 3 aromatic rings. The van der Waals surface area contributed by atoms with Gasteiger partial charge in [-0.2, -0.15) is 5.10 Å². The van der Waals surface area contributed by atoms with Gasteiger partial charge in [-0.25, -0.2) is 5.48 Å². The van der Waals surface area contributed by atoms with Crippen molar-refractivity contribution >= 4 is 11.8 Å². The number of fused-ring (bicyclic) bond motifs is 1. The standard InChI is InChI=1S/C26H28N6O3/c1-17(27)24(26(34)31-35)29-25(33)21-10-8-19(9-11-21)3-2-18-4-6-20(7-5-18)15-32-13-12-23-22(16-32)14-28-30-23/h4-11,14,17,24,35H,12-13,15-16,27H2,1H3,(H,28,30)(H,29,33)(H,31,34)/t17-,24?/m1/s1. The highest BCUT2D eigenvalue weighted by Gasteiger charge is 2.24. The molecule has 1 aliphatic rings. The molecular formula is C26H28N6O3. The Morgan fingerprint density at radius 1 is 1.14 bits per heavy atom. The molecule has 0 spiro atoms. The average molecular weight is 473 g/mol. The van der Waals surface area contributed by atoms with E-state index in [1.807, 2.05) is 18.3 Å². The fraction of sp³-hybridized carbons (Fsp3) is 0.269. The summed E-state index contributed by atoms with van der Waals surface area (Å²) in [7, 11) is 0. The Morgan fingerprint density at radius 3 is 2.43 bits per heavy atom. The van der Waals surface area contributed by atoms with E-state index >= 15 is 0 Å². The maximum atomic E-state index is 12.4. The first-order valence-electron chi connectivity index (χ1n) is 11.4. The molecule has 4 rings (SSSR count). The second-order valence-electron chi connectivity index (χ2n) is 8.65. The van der Waals surface area contributed by atoms with Gasteiger partial charge in [0.15, 0.2) is 0 Å². The summed E-state index contributed by atoms with van der Waals surface area (Å²) in [6.45, 7) is 4.35. The van der Waals surface area contributed by atoms with Crippen LogP contribution in [0.1, 0.15) is 45.2 Å². The van der Waals surface area contributed by atoms with Gasteiger partial charge in [-0.15, -0.1) is 0 Å². The minimum Gasteiger partial charge on any atom is -0.339 e. The van der Waals surface area contributed by atoms with Crippen LogP contribution in [-0.4, -0.2) is 50.7 Å². The zero-order chi connectivity index (χ0) is 24.8. The lowest BCUT2D eigenvalue weighted by Crippen LogP contribution is -2.54. The summed E-state index contributed by atoms with van der Waals surface area (Å²) < 4.78 is 0. The predicted molar refractivity (Wildman–Crippen MR) is 130 cm³/mol. The van der Waals surface area contributed by atoms with Crippen LogP contribution in [0.2, 0.25) is 0 Å². The van der Waals surface area contributed by atoms with E-state index in [0.717, 1.165) is 37.2 Å². The number of hydrogen-bond acceptors (Lipinski definition) is 6. The number of nitrogens with zero attached hydrogens (tertiary/aromatic N) is 2. The molecule has 2 heterocycles. The van der Waals surface area contributed by atoms with Crippen molar-refractivity contribution in [1.29, 1.82) is 0 Å². The number of amides is 2. The van der Waals surface area contributed by atoms with E-state index in [1.165, 1.54) is 22.3 Å². The third kappa shape index (κ3) is 6.13. The van der Waals surface area contributed by atoms with Gasteiger partial charge in [-0.1, -0.05) is 24.0 Å². The second kappa shape index (κ2) is 11.0. The van der Waals surface area contributed by atoms with Crippen molar-refractivity contribution in [2.75, 3.05) is 6.54 Å². The van der Waals surface area contributed by atoms with Crippen molar-refractivity contribution in [3.63, 3.8) is 0 Å². The van der Waals surface area contributed by atoms with E-state index in [0.29, 0.717) is 5.56 Å². The largest absolute Gasteiger partial charge is 0.339 e. The number of H-pyrrole nitrogens is 1. The van der Waals surface area contributed by atoms with Crippen LogP contribution in [0.15, 0.2) is 54.7 Å². The number of carbonyl (C=O) groups excluding carboxylic acids is 2. The molecule has 180 valence electrons. The van der Waals surface area contributed by atoms with Gasteiger partial charge in [0.2, 0.25) is 0 Å². The molecule has 0 saturated carbocycles. The van der Waals surface area contributed by atoms with E-state index in [2.05, 4.69) is 44.4 Å². The van der Waals surface area contributed by atoms with Gasteiger partial charge in [0.1, 0.15) is 6.04 Å². The molecule has 0 aliphatic carbocycles. The summed E-state index contributed by atoms with van der Waals surface area (Å²) >= 11 is 0. The Labute approximate surface area is 203 Å². The molecule has 6 N–H and O–H groups in total. The van der Waals surface area contributed by atoms with Crippen LogP contribution in [0.25, 0.3) is 0 Å². The number of aromatic amines is 1. The van der Waals surface area contributed by atoms with Crippen LogP contribution in [0.4, 0.5) is 0 Å². The van der Waals surface area contributed by atoms with Crippen LogP contribution in [0, 0.1) is 11.8 Å². The van der Waals surface area contributed by atoms with E-state index < -0.39 is 23.9 Å². The first kappa shape index (κ1) is 24.2. The molecule has 0 radical (unpaired) electrons. The number of benzene rings is 2. The molecule has 2 amide bonds. The molecule has 9 nitrogen and oxygen atoms in total. The van der Waals surface area contributed by atoms with Crippen molar-refractivity contribution in [3.05, 3.63) is 88.2 Å². The molecule has 2 atom stereocenters. The topological polar surface area (TPSA) is 136 Å². The van der Waals surface area contributed by atoms with Crippen molar-refractivity contribution in [2.24, 2.45) is 5.73 Å². The fourth-order valence-electron chi connectivity index (χ4n) is 3.95. The van der Waals surface area contributed by atoms with E-state index in [4.69, 9.17) is 10.9 Å². The Balaban J connectivity index is 1.33. The number of carbonyl (C=O) groups is 2. The van der Waals surface area contributed by atoms with Gasteiger partial charge < -0.3 is 11.1 Å². The first-order valence-corrected chi connectivity index (χ1v) is 11.4. The molecule has 2 aromatic carbocycles. The van der Waals surface area contributed by atoms with Gasteiger partial charge in [-0.05, 0) is 48.9 Å². The summed E-state index contributed by atoms with van der Waals surface area (Å²) in [6.07, 6.45) is 2.90. The first-order chi connectivity index (χ1) is 16.9. The van der Waals surface area contributed by atoms with Gasteiger partial charge in [0.05, 0.1) is 6.20 Å². The highest BCUT2D eigenvalue weighted by Crippen LogP contribution is 2.18. The number of hydrogen-bond donors (Lipinski definition) is 5. The van der Waals surface area contributed by atoms with E-state index in [-0.39, 0.29) is 0 Å². The van der Waals surface area contributed by atoms with Crippen molar-refractivity contribution in [2.45, 2.75) is 38.5 Å².